The van der Waals surface area contributed by atoms with Gasteiger partial charge in [0.1, 0.15) is 5.82 Å². The zero-order valence-electron chi connectivity index (χ0n) is 18.4. The zero-order chi connectivity index (χ0) is 24.3. The first-order valence-electron chi connectivity index (χ1n) is 10.4. The van der Waals surface area contributed by atoms with Gasteiger partial charge in [0, 0.05) is 12.6 Å². The lowest BCUT2D eigenvalue weighted by Gasteiger charge is -2.18. The topological polar surface area (TPSA) is 113 Å². The van der Waals surface area contributed by atoms with E-state index < -0.39 is 10.0 Å². The zero-order valence-corrected chi connectivity index (χ0v) is 19.2. The van der Waals surface area contributed by atoms with Gasteiger partial charge in [0.05, 0.1) is 22.0 Å². The molecule has 0 aliphatic heterocycles. The fourth-order valence-electron chi connectivity index (χ4n) is 3.32. The fraction of sp³-hybridized carbons (Fsp3) is 0.125. The van der Waals surface area contributed by atoms with Gasteiger partial charge in [-0.05, 0) is 61.0 Å². The van der Waals surface area contributed by atoms with Crippen molar-refractivity contribution in [3.8, 4) is 0 Å². The fourth-order valence-corrected chi connectivity index (χ4v) is 4.33. The van der Waals surface area contributed by atoms with Gasteiger partial charge in [-0.25, -0.2) is 22.8 Å². The van der Waals surface area contributed by atoms with Gasteiger partial charge < -0.3 is 10.6 Å². The van der Waals surface area contributed by atoms with Crippen molar-refractivity contribution in [3.63, 3.8) is 0 Å². The summed E-state index contributed by atoms with van der Waals surface area (Å²) >= 11 is 0. The number of fused-ring (bicyclic) bond motifs is 1. The van der Waals surface area contributed by atoms with E-state index in [1.165, 1.54) is 43.3 Å². The molecule has 1 amide bonds. The first kappa shape index (κ1) is 23.1. The maximum absolute atomic E-state index is 13.3. The predicted octanol–water partition coefficient (Wildman–Crippen LogP) is 4.70. The van der Waals surface area contributed by atoms with E-state index in [-0.39, 0.29) is 34.3 Å². The number of carbonyl (C=O) groups excluding carboxylic acids is 1. The Balaban J connectivity index is 1.67. The highest BCUT2D eigenvalue weighted by Gasteiger charge is 2.20. The molecule has 10 heteroatoms. The van der Waals surface area contributed by atoms with Gasteiger partial charge in [-0.1, -0.05) is 24.3 Å². The molecule has 8 nitrogen and oxygen atoms in total. The maximum Gasteiger partial charge on any atom is 0.263 e. The molecule has 3 N–H and O–H groups in total. The van der Waals surface area contributed by atoms with Gasteiger partial charge >= 0.3 is 0 Å². The van der Waals surface area contributed by atoms with Crippen molar-refractivity contribution < 1.29 is 17.6 Å². The third-order valence-corrected chi connectivity index (χ3v) is 6.36. The van der Waals surface area contributed by atoms with Gasteiger partial charge in [0.2, 0.25) is 5.91 Å². The van der Waals surface area contributed by atoms with Crippen molar-refractivity contribution in [1.82, 2.24) is 9.97 Å². The molecule has 0 radical (unpaired) electrons. The van der Waals surface area contributed by atoms with E-state index >= 15 is 0 Å². The van der Waals surface area contributed by atoms with E-state index in [9.17, 15) is 17.6 Å². The van der Waals surface area contributed by atoms with Crippen LogP contribution in [-0.4, -0.2) is 24.3 Å². The standard InChI is InChI=1S/C24H22FN5O3S/c1-15(17-7-9-18(25)10-8-17)26-23-24(29-22-6-4-3-5-21(22)28-23)30-34(32,33)20-13-11-19(12-14-20)27-16(2)31/h3-15H,1-2H3,(H,26,28)(H,27,31)(H,29,30)/t15-/m0/s1. The second-order valence-electron chi connectivity index (χ2n) is 7.64. The minimum absolute atomic E-state index is 0.00547. The number of nitrogens with one attached hydrogen (secondary N) is 3. The van der Waals surface area contributed by atoms with Crippen molar-refractivity contribution in [2.45, 2.75) is 24.8 Å². The normalized spacial score (nSPS) is 12.2. The Hall–Kier alpha value is -4.05. The van der Waals surface area contributed by atoms with E-state index in [0.29, 0.717) is 16.7 Å². The molecule has 174 valence electrons. The Morgan fingerprint density at radius 3 is 2.06 bits per heavy atom. The van der Waals surface area contributed by atoms with Crippen LogP contribution in [0.25, 0.3) is 11.0 Å². The number of carbonyl (C=O) groups is 1. The van der Waals surface area contributed by atoms with Crippen LogP contribution in [0.3, 0.4) is 0 Å². The highest BCUT2D eigenvalue weighted by molar-refractivity contribution is 7.92. The van der Waals surface area contributed by atoms with Crippen molar-refractivity contribution in [2.75, 3.05) is 15.4 Å². The van der Waals surface area contributed by atoms with Crippen LogP contribution in [0.5, 0.6) is 0 Å². The largest absolute Gasteiger partial charge is 0.360 e. The molecule has 1 heterocycles. The first-order valence-corrected chi connectivity index (χ1v) is 11.9. The van der Waals surface area contributed by atoms with Crippen LogP contribution < -0.4 is 15.4 Å². The van der Waals surface area contributed by atoms with Crippen LogP contribution >= 0.6 is 0 Å². The van der Waals surface area contributed by atoms with Gasteiger partial charge in [-0.2, -0.15) is 0 Å². The highest BCUT2D eigenvalue weighted by Crippen LogP contribution is 2.28. The van der Waals surface area contributed by atoms with Crippen LogP contribution in [0.15, 0.2) is 77.7 Å². The van der Waals surface area contributed by atoms with E-state index in [0.717, 1.165) is 5.56 Å². The Morgan fingerprint density at radius 1 is 0.882 bits per heavy atom. The minimum atomic E-state index is -4.01. The number of halogens is 1. The average Bonchev–Trinajstić information content (AvgIpc) is 2.79. The maximum atomic E-state index is 13.3. The number of hydrogen-bond acceptors (Lipinski definition) is 6. The summed E-state index contributed by atoms with van der Waals surface area (Å²) in [6.45, 7) is 3.22. The summed E-state index contributed by atoms with van der Waals surface area (Å²) in [4.78, 5) is 20.2. The molecule has 0 saturated heterocycles. The molecular formula is C24H22FN5O3S. The van der Waals surface area contributed by atoms with Crippen LogP contribution in [0.1, 0.15) is 25.5 Å². The summed E-state index contributed by atoms with van der Waals surface area (Å²) < 4.78 is 42.0. The Morgan fingerprint density at radius 2 is 1.47 bits per heavy atom. The number of nitrogens with zero attached hydrogens (tertiary/aromatic N) is 2. The molecule has 3 aromatic carbocycles. The minimum Gasteiger partial charge on any atom is -0.360 e. The van der Waals surface area contributed by atoms with Crippen molar-refractivity contribution in [2.24, 2.45) is 0 Å². The quantitative estimate of drug-likeness (QED) is 0.354. The smallest absolute Gasteiger partial charge is 0.263 e. The molecule has 0 fully saturated rings. The molecule has 4 aromatic rings. The lowest BCUT2D eigenvalue weighted by atomic mass is 10.1. The number of para-hydroxylation sites is 2. The lowest BCUT2D eigenvalue weighted by molar-refractivity contribution is -0.114. The monoisotopic (exact) mass is 479 g/mol. The van der Waals surface area contributed by atoms with Crippen LogP contribution in [0.4, 0.5) is 21.7 Å². The second-order valence-corrected chi connectivity index (χ2v) is 9.32. The molecule has 0 bridgehead atoms. The van der Waals surface area contributed by atoms with Gasteiger partial charge in [0.15, 0.2) is 11.6 Å². The number of benzene rings is 3. The number of sulfonamides is 1. The molecule has 0 spiro atoms. The van der Waals surface area contributed by atoms with Gasteiger partial charge in [0.25, 0.3) is 10.0 Å². The number of amides is 1. The summed E-state index contributed by atoms with van der Waals surface area (Å²) in [5.41, 5.74) is 2.37. The van der Waals surface area contributed by atoms with Crippen LogP contribution in [0, 0.1) is 5.82 Å². The summed E-state index contributed by atoms with van der Waals surface area (Å²) in [6.07, 6.45) is 0. The second kappa shape index (κ2) is 9.44. The van der Waals surface area contributed by atoms with Crippen LogP contribution in [-0.2, 0) is 14.8 Å². The van der Waals surface area contributed by atoms with Gasteiger partial charge in [-0.15, -0.1) is 0 Å². The van der Waals surface area contributed by atoms with Crippen molar-refractivity contribution in [1.29, 1.82) is 0 Å². The number of aromatic nitrogens is 2. The molecule has 1 aromatic heterocycles. The summed E-state index contributed by atoms with van der Waals surface area (Å²) in [6, 6.07) is 18.5. The third kappa shape index (κ3) is 5.29. The molecule has 1 atom stereocenters. The molecule has 0 unspecified atom stereocenters. The molecule has 0 aliphatic rings. The molecule has 0 aliphatic carbocycles. The number of rotatable bonds is 7. The van der Waals surface area contributed by atoms with E-state index in [2.05, 4.69) is 25.3 Å². The molecule has 4 rings (SSSR count). The highest BCUT2D eigenvalue weighted by atomic mass is 32.2. The SMILES string of the molecule is CC(=O)Nc1ccc(S(=O)(=O)Nc2nc3ccccc3nc2N[C@@H](C)c2ccc(F)cc2)cc1. The van der Waals surface area contributed by atoms with E-state index in [1.54, 1.807) is 30.3 Å². The van der Waals surface area contributed by atoms with Crippen LogP contribution in [0.2, 0.25) is 0 Å². The number of hydrogen-bond donors (Lipinski definition) is 3. The Kier molecular flexibility index (Phi) is 6.42. The first-order chi connectivity index (χ1) is 16.2. The van der Waals surface area contributed by atoms with E-state index in [4.69, 9.17) is 0 Å². The summed E-state index contributed by atoms with van der Waals surface area (Å²) in [5.74, 6) is -0.349. The van der Waals surface area contributed by atoms with Crippen molar-refractivity contribution >= 4 is 44.3 Å². The molecular weight excluding hydrogens is 457 g/mol. The molecule has 34 heavy (non-hydrogen) atoms. The average molecular weight is 480 g/mol. The summed E-state index contributed by atoms with van der Waals surface area (Å²) in [5, 5.41) is 5.77. The van der Waals surface area contributed by atoms with Gasteiger partial charge in [-0.3, -0.25) is 9.52 Å². The van der Waals surface area contributed by atoms with E-state index in [1.807, 2.05) is 13.0 Å². The molecule has 0 saturated carbocycles. The number of anilines is 3. The Labute approximate surface area is 196 Å². The predicted molar refractivity (Wildman–Crippen MR) is 130 cm³/mol. The third-order valence-electron chi connectivity index (χ3n) is 5.01. The lowest BCUT2D eigenvalue weighted by Crippen LogP contribution is -2.18. The van der Waals surface area contributed by atoms with Crippen molar-refractivity contribution in [3.05, 3.63) is 84.2 Å². The summed E-state index contributed by atoms with van der Waals surface area (Å²) in [7, 11) is -4.01. The Bertz CT molecular complexity index is 1440.